The third-order valence-electron chi connectivity index (χ3n) is 8.94. The van der Waals surface area contributed by atoms with Crippen molar-refractivity contribution in [3.63, 3.8) is 0 Å². The average Bonchev–Trinajstić information content (AvgIpc) is 3.77. The van der Waals surface area contributed by atoms with Gasteiger partial charge in [0.25, 0.3) is 0 Å². The first-order chi connectivity index (χ1) is 22.9. The monoisotopic (exact) mass is 673 g/mol. The Balaban J connectivity index is 1.21. The number of allylic oxidation sites excluding steroid dienone is 1. The lowest BCUT2D eigenvalue weighted by Crippen LogP contribution is -2.33. The molecule has 6 rings (SSSR count). The molecule has 3 N–H and O–H groups in total. The number of rotatable bonds is 13. The summed E-state index contributed by atoms with van der Waals surface area (Å²) < 4.78 is 11.3. The van der Waals surface area contributed by atoms with Gasteiger partial charge in [-0.15, -0.1) is 0 Å². The molecule has 2 aromatic heterocycles. The molecule has 1 saturated carbocycles. The maximum absolute atomic E-state index is 7.07. The molecule has 9 nitrogen and oxygen atoms in total. The van der Waals surface area contributed by atoms with Crippen LogP contribution in [-0.4, -0.2) is 53.3 Å². The molecule has 0 spiro atoms. The van der Waals surface area contributed by atoms with Crippen LogP contribution in [-0.2, 0) is 13.1 Å². The van der Waals surface area contributed by atoms with Gasteiger partial charge in [0, 0.05) is 53.6 Å². The average molecular weight is 675 g/mol. The Labute approximate surface area is 286 Å². The number of aromatic nitrogens is 4. The first-order valence-corrected chi connectivity index (χ1v) is 16.9. The topological polar surface area (TPSA) is 106 Å². The second-order valence-corrected chi connectivity index (χ2v) is 12.9. The van der Waals surface area contributed by atoms with Crippen molar-refractivity contribution in [2.45, 2.75) is 57.7 Å². The van der Waals surface area contributed by atoms with E-state index in [0.29, 0.717) is 52.3 Å². The number of hydrogen-bond acceptors (Lipinski definition) is 9. The maximum Gasteiger partial charge on any atom is 0.237 e. The minimum absolute atomic E-state index is 0.370. The van der Waals surface area contributed by atoms with Crippen molar-refractivity contribution in [2.75, 3.05) is 27.3 Å². The summed E-state index contributed by atoms with van der Waals surface area (Å²) in [6.45, 7) is 6.92. The van der Waals surface area contributed by atoms with E-state index < -0.39 is 0 Å². The highest BCUT2D eigenvalue weighted by molar-refractivity contribution is 6.39. The van der Waals surface area contributed by atoms with Crippen LogP contribution in [0, 0.1) is 5.92 Å². The van der Waals surface area contributed by atoms with Gasteiger partial charge < -0.3 is 25.4 Å². The molecule has 47 heavy (non-hydrogen) atoms. The lowest BCUT2D eigenvalue weighted by atomic mass is 9.98. The van der Waals surface area contributed by atoms with Crippen molar-refractivity contribution in [3.8, 4) is 45.4 Å². The van der Waals surface area contributed by atoms with Crippen LogP contribution >= 0.6 is 23.2 Å². The van der Waals surface area contributed by atoms with Crippen LogP contribution < -0.4 is 25.4 Å². The third kappa shape index (κ3) is 7.70. The van der Waals surface area contributed by atoms with Gasteiger partial charge in [-0.2, -0.15) is 0 Å². The molecule has 2 fully saturated rings. The lowest BCUT2D eigenvalue weighted by Gasteiger charge is -2.16. The summed E-state index contributed by atoms with van der Waals surface area (Å²) in [6, 6.07) is 12.0. The third-order valence-corrected chi connectivity index (χ3v) is 9.75. The van der Waals surface area contributed by atoms with E-state index in [2.05, 4.69) is 27.5 Å². The second-order valence-electron chi connectivity index (χ2n) is 12.2. The molecule has 2 aromatic carbocycles. The Morgan fingerprint density at radius 2 is 1.28 bits per heavy atom. The van der Waals surface area contributed by atoms with Crippen LogP contribution in [0.1, 0.15) is 49.9 Å². The zero-order chi connectivity index (χ0) is 32.8. The minimum atomic E-state index is 0.370. The molecule has 1 aliphatic carbocycles. The van der Waals surface area contributed by atoms with E-state index in [0.717, 1.165) is 71.2 Å². The van der Waals surface area contributed by atoms with Crippen LogP contribution in [0.15, 0.2) is 61.1 Å². The summed E-state index contributed by atoms with van der Waals surface area (Å²) >= 11 is 14.1. The summed E-state index contributed by atoms with van der Waals surface area (Å²) in [4.78, 5) is 18.9. The van der Waals surface area contributed by atoms with E-state index in [1.807, 2.05) is 36.4 Å². The highest BCUT2D eigenvalue weighted by Gasteiger charge is 2.21. The van der Waals surface area contributed by atoms with Crippen molar-refractivity contribution in [2.24, 2.45) is 5.92 Å². The van der Waals surface area contributed by atoms with Crippen LogP contribution in [0.3, 0.4) is 0 Å². The molecule has 2 aliphatic rings. The highest BCUT2D eigenvalue weighted by Crippen LogP contribution is 2.42. The summed E-state index contributed by atoms with van der Waals surface area (Å²) in [7, 11) is 3.21. The highest BCUT2D eigenvalue weighted by atomic mass is 35.5. The first-order valence-electron chi connectivity index (χ1n) is 16.2. The predicted octanol–water partition coefficient (Wildman–Crippen LogP) is 7.23. The molecular weight excluding hydrogens is 633 g/mol. The van der Waals surface area contributed by atoms with Gasteiger partial charge in [0.2, 0.25) is 11.8 Å². The quantitative estimate of drug-likeness (QED) is 0.136. The Morgan fingerprint density at radius 1 is 0.766 bits per heavy atom. The van der Waals surface area contributed by atoms with Crippen LogP contribution in [0.25, 0.3) is 33.6 Å². The summed E-state index contributed by atoms with van der Waals surface area (Å²) in [5.74, 6) is 1.67. The second kappa shape index (κ2) is 15.4. The Kier molecular flexibility index (Phi) is 10.9. The van der Waals surface area contributed by atoms with Gasteiger partial charge in [-0.05, 0) is 38.1 Å². The first kappa shape index (κ1) is 33.2. The molecular formula is C36H41Cl2N7O2. The number of hydrogen-bond donors (Lipinski definition) is 3. The van der Waals surface area contributed by atoms with E-state index in [4.69, 9.17) is 47.6 Å². The van der Waals surface area contributed by atoms with Crippen molar-refractivity contribution < 1.29 is 9.47 Å². The molecule has 1 saturated heterocycles. The Morgan fingerprint density at radius 3 is 1.77 bits per heavy atom. The molecule has 0 amide bonds. The van der Waals surface area contributed by atoms with Crippen molar-refractivity contribution in [3.05, 3.63) is 82.5 Å². The van der Waals surface area contributed by atoms with E-state index in [-0.39, 0.29) is 0 Å². The lowest BCUT2D eigenvalue weighted by molar-refractivity contribution is 0.385. The van der Waals surface area contributed by atoms with E-state index in [9.17, 15) is 0 Å². The van der Waals surface area contributed by atoms with Gasteiger partial charge in [-0.3, -0.25) is 9.97 Å². The van der Waals surface area contributed by atoms with Crippen molar-refractivity contribution in [1.29, 1.82) is 0 Å². The number of halogens is 2. The van der Waals surface area contributed by atoms with Crippen molar-refractivity contribution >= 4 is 23.2 Å². The zero-order valence-electron chi connectivity index (χ0n) is 26.9. The van der Waals surface area contributed by atoms with Gasteiger partial charge in [-0.25, -0.2) is 9.97 Å². The predicted molar refractivity (Wildman–Crippen MR) is 188 cm³/mol. The van der Waals surface area contributed by atoms with E-state index >= 15 is 0 Å². The largest absolute Gasteiger partial charge is 0.480 e. The summed E-state index contributed by atoms with van der Waals surface area (Å²) in [6.07, 6.45) is 10.8. The molecule has 246 valence electrons. The van der Waals surface area contributed by atoms with Gasteiger partial charge in [0.1, 0.15) is 11.4 Å². The molecule has 1 aliphatic heterocycles. The molecule has 11 heteroatoms. The van der Waals surface area contributed by atoms with Gasteiger partial charge in [0.05, 0.1) is 48.0 Å². The van der Waals surface area contributed by atoms with Gasteiger partial charge in [-0.1, -0.05) is 79.0 Å². The van der Waals surface area contributed by atoms with Gasteiger partial charge in [0.15, 0.2) is 0 Å². The molecule has 0 unspecified atom stereocenters. The molecule has 0 radical (unpaired) electrons. The zero-order valence-corrected chi connectivity index (χ0v) is 28.4. The standard InChI is InChI=1S/C36H41Cl2N7O2/c1-22-14-15-24(43-22)17-40-19-32-36(47-3)45-30(21-42-32)28-13-7-11-26(34(28)38)25-10-6-12-27(33(25)37)29-20-41-31(35(44-29)46-2)18-39-16-23-8-4-5-9-23/h6-7,10-13,20-21,23-24,39-40,43H,1,4-5,8-9,14-19H2,2-3H3/t24-/m0/s1. The smallest absolute Gasteiger partial charge is 0.237 e. The molecule has 1 atom stereocenters. The number of methoxy groups -OCH3 is 2. The number of nitrogens with one attached hydrogen (secondary N) is 3. The summed E-state index contributed by atoms with van der Waals surface area (Å²) in [5, 5.41) is 11.4. The Bertz CT molecular complexity index is 1730. The fourth-order valence-electron chi connectivity index (χ4n) is 6.41. The normalized spacial score (nSPS) is 16.4. The SMILES string of the molecule is C=C1CC[C@@H](CNCc2ncc(-c3cccc(-c4cccc(-c5cnc(CNCC6CCCC6)c(OC)n5)c4Cl)c3Cl)nc2OC)N1. The maximum atomic E-state index is 7.07. The van der Waals surface area contributed by atoms with E-state index in [1.165, 1.54) is 25.7 Å². The van der Waals surface area contributed by atoms with Crippen LogP contribution in [0.4, 0.5) is 0 Å². The van der Waals surface area contributed by atoms with E-state index in [1.54, 1.807) is 26.6 Å². The summed E-state index contributed by atoms with van der Waals surface area (Å²) in [5.41, 5.74) is 6.80. The fourth-order valence-corrected chi connectivity index (χ4v) is 7.06. The fraction of sp³-hybridized carbons (Fsp3) is 0.389. The number of ether oxygens (including phenoxy) is 2. The number of nitrogens with zero attached hydrogens (tertiary/aromatic N) is 4. The van der Waals surface area contributed by atoms with Gasteiger partial charge >= 0.3 is 0 Å². The van der Waals surface area contributed by atoms with Crippen LogP contribution in [0.5, 0.6) is 11.8 Å². The minimum Gasteiger partial charge on any atom is -0.480 e. The molecule has 3 heterocycles. The Hall–Kier alpha value is -3.76. The van der Waals surface area contributed by atoms with Crippen LogP contribution in [0.2, 0.25) is 10.0 Å². The number of benzene rings is 2. The molecule has 4 aromatic rings. The van der Waals surface area contributed by atoms with Crippen molar-refractivity contribution in [1.82, 2.24) is 35.9 Å². The molecule has 0 bridgehead atoms.